The first-order valence-corrected chi connectivity index (χ1v) is 20.6. The first-order chi connectivity index (χ1) is 19.3. The summed E-state index contributed by atoms with van der Waals surface area (Å²) in [6.07, 6.45) is 0. The molecule has 0 aromatic heterocycles. The largest absolute Gasteiger partial charge is 0.312 e. The third-order valence-electron chi connectivity index (χ3n) is 10.8. The summed E-state index contributed by atoms with van der Waals surface area (Å²) < 4.78 is 0. The van der Waals surface area contributed by atoms with Gasteiger partial charge in [-0.2, -0.15) is 0 Å². The fraction of sp³-hybridized carbons (Fsp3) is 0.143. The molecule has 0 saturated heterocycles. The Kier molecular flexibility index (Phi) is 3.60. The number of rotatable bonds is 0. The maximum absolute atomic E-state index is 2.66. The summed E-state index contributed by atoms with van der Waals surface area (Å²) in [5.41, 5.74) is 17.4. The number of hydrogen-bond acceptors (Lipinski definition) is 2. The summed E-state index contributed by atoms with van der Waals surface area (Å²) in [6, 6.07) is 33.4. The summed E-state index contributed by atoms with van der Waals surface area (Å²) in [7, 11) is -3.77. The number of para-hydroxylation sites is 2. The van der Waals surface area contributed by atoms with E-state index < -0.39 is 16.1 Å². The van der Waals surface area contributed by atoms with Crippen LogP contribution in [-0.2, 0) is 0 Å². The van der Waals surface area contributed by atoms with Gasteiger partial charge in [-0.15, -0.1) is 0 Å². The maximum atomic E-state index is 2.66. The van der Waals surface area contributed by atoms with Crippen LogP contribution in [0.1, 0.15) is 5.56 Å². The quantitative estimate of drug-likeness (QED) is 0.262. The minimum atomic E-state index is -1.89. The molecule has 190 valence electrons. The van der Waals surface area contributed by atoms with Crippen molar-refractivity contribution < 1.29 is 0 Å². The Morgan fingerprint density at radius 1 is 0.500 bits per heavy atom. The molecule has 0 spiro atoms. The lowest BCUT2D eigenvalue weighted by atomic mass is 9.35. The number of hydrogen-bond donors (Lipinski definition) is 0. The monoisotopic (exact) mass is 544 g/mol. The normalized spacial score (nSPS) is 17.9. The average Bonchev–Trinajstić information content (AvgIpc) is 3.29. The fourth-order valence-electron chi connectivity index (χ4n) is 9.04. The maximum Gasteiger partial charge on any atom is 0.253 e. The molecule has 5 aliphatic heterocycles. The molecule has 2 nitrogen and oxygen atoms in total. The molecule has 0 amide bonds. The summed E-state index contributed by atoms with van der Waals surface area (Å²) in [4.78, 5) is 5.33. The summed E-state index contributed by atoms with van der Waals surface area (Å²) in [6.45, 7) is 12.8. The van der Waals surface area contributed by atoms with E-state index in [0.29, 0.717) is 6.71 Å². The molecule has 0 atom stereocenters. The van der Waals surface area contributed by atoms with Crippen molar-refractivity contribution in [1.82, 2.24) is 0 Å². The molecule has 0 aliphatic carbocycles. The molecule has 5 aromatic rings. The topological polar surface area (TPSA) is 6.48 Å². The van der Waals surface area contributed by atoms with Gasteiger partial charge in [0.05, 0.1) is 0 Å². The summed E-state index contributed by atoms with van der Waals surface area (Å²) in [5, 5.41) is 6.26. The molecule has 5 heteroatoms. The second kappa shape index (κ2) is 6.56. The third-order valence-corrected chi connectivity index (χ3v) is 17.8. The molecular weight excluding hydrogens is 515 g/mol. The van der Waals surface area contributed by atoms with Crippen LogP contribution in [-0.4, -0.2) is 22.9 Å². The Morgan fingerprint density at radius 2 is 0.950 bits per heavy atom. The van der Waals surface area contributed by atoms with Crippen LogP contribution in [0.15, 0.2) is 84.9 Å². The fourth-order valence-corrected chi connectivity index (χ4v) is 15.0. The first kappa shape index (κ1) is 22.0. The van der Waals surface area contributed by atoms with Crippen LogP contribution in [0.5, 0.6) is 0 Å². The molecule has 0 saturated carbocycles. The standard InChI is InChI=1S/C35H29BN2Si2/c1-20-18-25-33-26(19-20)38-24-11-7-9-13-28(24)40(4,5)30-17-15-22-21-14-16-29-34(31(21)36(33)32(22)35(30)38)37(25)23-10-6-8-12-27(23)39(29,2)3/h6-19H,1-5H3. The SMILES string of the molecule is Cc1cc2c3c(c1)N1c4ccccc4[Si](C)(C)c4ccc5c(c41)B3c1c-5ccc3c1N2c1ccccc1[Si]3(C)C. The zero-order valence-corrected chi connectivity index (χ0v) is 25.6. The van der Waals surface area contributed by atoms with Crippen LogP contribution >= 0.6 is 0 Å². The van der Waals surface area contributed by atoms with Crippen LogP contribution in [0.4, 0.5) is 34.1 Å². The van der Waals surface area contributed by atoms with Gasteiger partial charge >= 0.3 is 0 Å². The van der Waals surface area contributed by atoms with Gasteiger partial charge in [-0.25, -0.2) is 0 Å². The lowest BCUT2D eigenvalue weighted by molar-refractivity contribution is 1.25. The van der Waals surface area contributed by atoms with Crippen molar-refractivity contribution in [2.45, 2.75) is 33.1 Å². The Bertz CT molecular complexity index is 1920. The number of fused-ring (bicyclic) bond motifs is 7. The van der Waals surface area contributed by atoms with E-state index in [9.17, 15) is 0 Å². The molecule has 0 bridgehead atoms. The second-order valence-electron chi connectivity index (χ2n) is 13.5. The average molecular weight is 545 g/mol. The van der Waals surface area contributed by atoms with Gasteiger partial charge in [0, 0.05) is 34.1 Å². The number of nitrogens with zero attached hydrogens (tertiary/aromatic N) is 2. The van der Waals surface area contributed by atoms with Crippen LogP contribution in [0.25, 0.3) is 11.1 Å². The van der Waals surface area contributed by atoms with Crippen molar-refractivity contribution >= 4 is 94.1 Å². The van der Waals surface area contributed by atoms with Crippen molar-refractivity contribution in [2.75, 3.05) is 9.80 Å². The highest BCUT2D eigenvalue weighted by Crippen LogP contribution is 2.50. The molecule has 5 heterocycles. The van der Waals surface area contributed by atoms with E-state index >= 15 is 0 Å². The van der Waals surface area contributed by atoms with Crippen LogP contribution < -0.4 is 46.9 Å². The van der Waals surface area contributed by atoms with E-state index in [1.54, 1.807) is 31.7 Å². The van der Waals surface area contributed by atoms with Gasteiger partial charge in [0.25, 0.3) is 6.71 Å². The Labute approximate surface area is 238 Å². The van der Waals surface area contributed by atoms with E-state index in [1.807, 2.05) is 0 Å². The van der Waals surface area contributed by atoms with Crippen molar-refractivity contribution in [1.29, 1.82) is 0 Å². The van der Waals surface area contributed by atoms with Gasteiger partial charge in [0.1, 0.15) is 16.1 Å². The van der Waals surface area contributed by atoms with E-state index in [0.717, 1.165) is 0 Å². The summed E-state index contributed by atoms with van der Waals surface area (Å²) in [5.74, 6) is 0. The number of aryl methyl sites for hydroxylation is 1. The second-order valence-corrected chi connectivity index (χ2v) is 22.1. The van der Waals surface area contributed by atoms with Gasteiger partial charge in [-0.1, -0.05) is 86.9 Å². The number of anilines is 6. The molecule has 0 N–H and O–H groups in total. The zero-order chi connectivity index (χ0) is 26.9. The predicted octanol–water partition coefficient (Wildman–Crippen LogP) is 4.33. The van der Waals surface area contributed by atoms with Crippen molar-refractivity contribution in [3.05, 3.63) is 90.5 Å². The third kappa shape index (κ3) is 2.16. The Morgan fingerprint density at radius 3 is 1.43 bits per heavy atom. The van der Waals surface area contributed by atoms with Crippen LogP contribution in [0.3, 0.4) is 0 Å². The highest BCUT2D eigenvalue weighted by atomic mass is 28.3. The Hall–Kier alpha value is -3.80. The van der Waals surface area contributed by atoms with Gasteiger partial charge in [0.15, 0.2) is 0 Å². The molecule has 40 heavy (non-hydrogen) atoms. The first-order valence-electron chi connectivity index (χ1n) is 14.6. The van der Waals surface area contributed by atoms with Gasteiger partial charge in [0.2, 0.25) is 0 Å². The highest BCUT2D eigenvalue weighted by molar-refractivity contribution is 7.09. The van der Waals surface area contributed by atoms with E-state index in [2.05, 4.69) is 128 Å². The van der Waals surface area contributed by atoms with Crippen molar-refractivity contribution in [2.24, 2.45) is 0 Å². The predicted molar refractivity (Wildman–Crippen MR) is 178 cm³/mol. The lowest BCUT2D eigenvalue weighted by Crippen LogP contribution is -2.68. The Balaban J connectivity index is 1.43. The van der Waals surface area contributed by atoms with Gasteiger partial charge < -0.3 is 9.80 Å². The summed E-state index contributed by atoms with van der Waals surface area (Å²) >= 11 is 0. The number of benzene rings is 5. The lowest BCUT2D eigenvalue weighted by Gasteiger charge is -2.50. The van der Waals surface area contributed by atoms with Crippen LogP contribution in [0, 0.1) is 6.92 Å². The molecule has 5 aromatic carbocycles. The van der Waals surface area contributed by atoms with E-state index in [-0.39, 0.29) is 0 Å². The minimum Gasteiger partial charge on any atom is -0.312 e. The molecule has 0 radical (unpaired) electrons. The molecule has 5 aliphatic rings. The smallest absolute Gasteiger partial charge is 0.253 e. The van der Waals surface area contributed by atoms with Crippen molar-refractivity contribution in [3.8, 4) is 11.1 Å². The molecule has 10 rings (SSSR count). The molecular formula is C35H29BN2Si2. The van der Waals surface area contributed by atoms with Gasteiger partial charge in [-0.05, 0) is 85.0 Å². The minimum absolute atomic E-state index is 0.304. The van der Waals surface area contributed by atoms with Crippen LogP contribution in [0.2, 0.25) is 26.2 Å². The zero-order valence-electron chi connectivity index (χ0n) is 23.6. The molecule has 0 fully saturated rings. The van der Waals surface area contributed by atoms with Crippen molar-refractivity contribution in [3.63, 3.8) is 0 Å². The van der Waals surface area contributed by atoms with Gasteiger partial charge in [-0.3, -0.25) is 0 Å². The van der Waals surface area contributed by atoms with E-state index in [4.69, 9.17) is 0 Å². The van der Waals surface area contributed by atoms with E-state index in [1.165, 1.54) is 56.3 Å². The molecule has 0 unspecified atom stereocenters. The highest BCUT2D eigenvalue weighted by Gasteiger charge is 2.55.